The molecule has 0 aromatic heterocycles. The molecule has 5 rings (SSSR count). The minimum atomic E-state index is -4.05. The van der Waals surface area contributed by atoms with Crippen molar-refractivity contribution in [2.45, 2.75) is 237 Å². The van der Waals surface area contributed by atoms with Crippen molar-refractivity contribution in [3.8, 4) is 0 Å². The summed E-state index contributed by atoms with van der Waals surface area (Å²) < 4.78 is 33.6. The van der Waals surface area contributed by atoms with Gasteiger partial charge in [-0.25, -0.2) is 0 Å². The summed E-state index contributed by atoms with van der Waals surface area (Å²) in [6, 6.07) is 0. The van der Waals surface area contributed by atoms with E-state index in [0.717, 1.165) is 56.8 Å². The zero-order chi connectivity index (χ0) is 39.0. The third-order valence-electron chi connectivity index (χ3n) is 17.0. The number of fused-ring (bicyclic) bond motifs is 5. The SMILES string of the molecule is CCCCCCCCCCCCCCCCC1(OC2C[C@H](O)[C@@H](CO)O2)CC[C@]2(C)C3CC[C@@]4(C)C(CC[C@@H]4[C@H](C)CCC)C3CCC2(P(=O)(O)OC)C1. The maximum Gasteiger partial charge on any atom is 0.334 e. The number of rotatable bonds is 23. The van der Waals surface area contributed by atoms with Gasteiger partial charge >= 0.3 is 7.60 Å². The molecule has 5 aliphatic rings. The molecule has 5 fully saturated rings. The van der Waals surface area contributed by atoms with Crippen molar-refractivity contribution in [2.24, 2.45) is 40.4 Å². The van der Waals surface area contributed by atoms with Crippen LogP contribution < -0.4 is 0 Å². The van der Waals surface area contributed by atoms with Crippen molar-refractivity contribution in [1.82, 2.24) is 0 Å². The van der Waals surface area contributed by atoms with E-state index in [0.29, 0.717) is 42.4 Å². The van der Waals surface area contributed by atoms with Crippen LogP contribution in [0.5, 0.6) is 0 Å². The Morgan fingerprint density at radius 1 is 0.796 bits per heavy atom. The lowest BCUT2D eigenvalue weighted by Gasteiger charge is -2.67. The van der Waals surface area contributed by atoms with Crippen LogP contribution in [0.2, 0.25) is 0 Å². The van der Waals surface area contributed by atoms with E-state index in [-0.39, 0.29) is 12.0 Å². The number of hydrogen-bond acceptors (Lipinski definition) is 6. The molecular weight excluding hydrogens is 695 g/mol. The second-order valence-corrected chi connectivity index (χ2v) is 22.2. The lowest BCUT2D eigenvalue weighted by molar-refractivity contribution is -0.240. The Hall–Kier alpha value is -0.0100. The molecule has 1 saturated heterocycles. The topological polar surface area (TPSA) is 105 Å². The normalized spacial score (nSPS) is 40.9. The van der Waals surface area contributed by atoms with Gasteiger partial charge in [0.05, 0.1) is 23.5 Å². The Morgan fingerprint density at radius 2 is 1.43 bits per heavy atom. The van der Waals surface area contributed by atoms with Gasteiger partial charge in [-0.3, -0.25) is 4.57 Å². The Morgan fingerprint density at radius 3 is 2.00 bits per heavy atom. The van der Waals surface area contributed by atoms with Crippen LogP contribution in [-0.4, -0.2) is 58.1 Å². The highest BCUT2D eigenvalue weighted by Gasteiger charge is 2.72. The first kappa shape index (κ1) is 45.1. The van der Waals surface area contributed by atoms with Gasteiger partial charge in [0.15, 0.2) is 6.29 Å². The van der Waals surface area contributed by atoms with E-state index in [4.69, 9.17) is 14.0 Å². The highest BCUT2D eigenvalue weighted by Crippen LogP contribution is 2.78. The zero-order valence-corrected chi connectivity index (χ0v) is 36.7. The number of aliphatic hydroxyl groups excluding tert-OH is 2. The molecule has 1 aliphatic heterocycles. The number of aliphatic hydroxyl groups is 2. The summed E-state index contributed by atoms with van der Waals surface area (Å²) in [6.45, 7) is 11.8. The maximum absolute atomic E-state index is 14.7. The molecule has 0 aromatic rings. The fourth-order valence-corrected chi connectivity index (χ4v) is 16.1. The van der Waals surface area contributed by atoms with E-state index in [2.05, 4.69) is 34.6 Å². The number of unbranched alkanes of at least 4 members (excludes halogenated alkanes) is 13. The summed E-state index contributed by atoms with van der Waals surface area (Å²) in [7, 11) is -2.60. The average molecular weight is 781 g/mol. The first-order valence-electron chi connectivity index (χ1n) is 23.4. The molecular formula is C46H85O7P. The fraction of sp³-hybridized carbons (Fsp3) is 1.00. The predicted molar refractivity (Wildman–Crippen MR) is 220 cm³/mol. The molecule has 1 heterocycles. The molecule has 316 valence electrons. The van der Waals surface area contributed by atoms with Gasteiger partial charge in [-0.15, -0.1) is 0 Å². The first-order valence-corrected chi connectivity index (χ1v) is 24.9. The van der Waals surface area contributed by atoms with Crippen molar-refractivity contribution in [1.29, 1.82) is 0 Å². The molecule has 13 atom stereocenters. The van der Waals surface area contributed by atoms with Gasteiger partial charge in [0, 0.05) is 13.5 Å². The van der Waals surface area contributed by atoms with Gasteiger partial charge in [0.2, 0.25) is 0 Å². The molecule has 7 unspecified atom stereocenters. The third kappa shape index (κ3) is 9.39. The molecule has 0 radical (unpaired) electrons. The summed E-state index contributed by atoms with van der Waals surface area (Å²) in [5.74, 6) is 3.24. The number of hydrogen-bond donors (Lipinski definition) is 3. The largest absolute Gasteiger partial charge is 0.394 e. The van der Waals surface area contributed by atoms with Crippen molar-refractivity contribution in [3.63, 3.8) is 0 Å². The monoisotopic (exact) mass is 781 g/mol. The van der Waals surface area contributed by atoms with E-state index in [9.17, 15) is 19.7 Å². The maximum atomic E-state index is 14.7. The van der Waals surface area contributed by atoms with Crippen LogP contribution in [-0.2, 0) is 18.6 Å². The van der Waals surface area contributed by atoms with Crippen LogP contribution in [0.4, 0.5) is 0 Å². The second-order valence-electron chi connectivity index (χ2n) is 20.0. The summed E-state index contributed by atoms with van der Waals surface area (Å²) in [6.07, 6.45) is 28.8. The quantitative estimate of drug-likeness (QED) is 0.0700. The minimum absolute atomic E-state index is 0.244. The Bertz CT molecular complexity index is 1180. The summed E-state index contributed by atoms with van der Waals surface area (Å²) >= 11 is 0. The summed E-state index contributed by atoms with van der Waals surface area (Å²) in [5.41, 5.74) is -0.585. The first-order chi connectivity index (χ1) is 25.9. The van der Waals surface area contributed by atoms with Crippen LogP contribution in [0.15, 0.2) is 0 Å². The fourth-order valence-electron chi connectivity index (χ4n) is 13.9. The number of ether oxygens (including phenoxy) is 2. The van der Waals surface area contributed by atoms with Crippen molar-refractivity contribution < 1.29 is 33.7 Å². The third-order valence-corrected chi connectivity index (χ3v) is 19.4. The molecule has 0 aromatic carbocycles. The van der Waals surface area contributed by atoms with E-state index >= 15 is 0 Å². The summed E-state index contributed by atoms with van der Waals surface area (Å²) in [4.78, 5) is 12.1. The zero-order valence-electron chi connectivity index (χ0n) is 35.8. The Balaban J connectivity index is 1.27. The van der Waals surface area contributed by atoms with E-state index < -0.39 is 36.9 Å². The van der Waals surface area contributed by atoms with Crippen LogP contribution in [0.1, 0.15) is 208 Å². The second kappa shape index (κ2) is 19.8. The van der Waals surface area contributed by atoms with Crippen molar-refractivity contribution in [3.05, 3.63) is 0 Å². The van der Waals surface area contributed by atoms with E-state index in [1.165, 1.54) is 116 Å². The van der Waals surface area contributed by atoms with Crippen LogP contribution in [0.25, 0.3) is 0 Å². The molecule has 4 saturated carbocycles. The van der Waals surface area contributed by atoms with Crippen LogP contribution in [0, 0.1) is 40.4 Å². The minimum Gasteiger partial charge on any atom is -0.394 e. The van der Waals surface area contributed by atoms with E-state index in [1.54, 1.807) is 0 Å². The lowest BCUT2D eigenvalue weighted by atomic mass is 9.43. The highest BCUT2D eigenvalue weighted by molar-refractivity contribution is 7.54. The lowest BCUT2D eigenvalue weighted by Crippen LogP contribution is -2.65. The average Bonchev–Trinajstić information content (AvgIpc) is 3.70. The van der Waals surface area contributed by atoms with Gasteiger partial charge in [0.1, 0.15) is 6.10 Å². The summed E-state index contributed by atoms with van der Waals surface area (Å²) in [5, 5.41) is 19.7. The van der Waals surface area contributed by atoms with Crippen LogP contribution >= 0.6 is 7.60 Å². The van der Waals surface area contributed by atoms with Gasteiger partial charge in [0.25, 0.3) is 0 Å². The van der Waals surface area contributed by atoms with E-state index in [1.807, 2.05) is 0 Å². The molecule has 8 heteroatoms. The van der Waals surface area contributed by atoms with Gasteiger partial charge in [-0.1, -0.05) is 137 Å². The van der Waals surface area contributed by atoms with Gasteiger partial charge < -0.3 is 29.1 Å². The Labute approximate surface area is 331 Å². The predicted octanol–water partition coefficient (Wildman–Crippen LogP) is 12.1. The molecule has 7 nitrogen and oxygen atoms in total. The van der Waals surface area contributed by atoms with Crippen LogP contribution in [0.3, 0.4) is 0 Å². The van der Waals surface area contributed by atoms with Crippen molar-refractivity contribution >= 4 is 7.60 Å². The molecule has 4 aliphatic carbocycles. The highest BCUT2D eigenvalue weighted by atomic mass is 31.2. The smallest absolute Gasteiger partial charge is 0.334 e. The van der Waals surface area contributed by atoms with Crippen molar-refractivity contribution in [2.75, 3.05) is 13.7 Å². The van der Waals surface area contributed by atoms with Gasteiger partial charge in [-0.2, -0.15) is 0 Å². The molecule has 0 bridgehead atoms. The standard InChI is InChI=1S/C46H85O7P/c1-7-9-10-11-12-13-14-15-16-17-18-19-20-21-27-45(53-42-32-40(48)41(33-47)52-42)31-30-44(5)39-26-28-43(4)37(35(3)22-8-2)23-24-38(43)36(39)25-29-46(44,34-45)54(49,50)51-6/h35-42,47-48H,7-34H2,1-6H3,(H,49,50)/t35-,36?,37-,38?,39?,40+,41-,42?,43-,44-,45?,46?/m1/s1. The molecule has 54 heavy (non-hydrogen) atoms. The molecule has 3 N–H and O–H groups in total. The Kier molecular flexibility index (Phi) is 16.6. The molecule has 0 spiro atoms. The van der Waals surface area contributed by atoms with Gasteiger partial charge in [-0.05, 0) is 105 Å². The molecule has 0 amide bonds.